The average Bonchev–Trinajstić information content (AvgIpc) is 3.08. The SMILES string of the molecule is Cc1nc(-c2ccccc2)sc1CN1C(=O)c2cccnc2S1(=O)=O. The van der Waals surface area contributed by atoms with Gasteiger partial charge in [-0.2, -0.15) is 8.42 Å². The van der Waals surface area contributed by atoms with Crippen molar-refractivity contribution in [3.63, 3.8) is 0 Å². The van der Waals surface area contributed by atoms with Crippen molar-refractivity contribution in [1.29, 1.82) is 0 Å². The Balaban J connectivity index is 1.70. The number of fused-ring (bicyclic) bond motifs is 1. The lowest BCUT2D eigenvalue weighted by atomic mass is 10.2. The zero-order chi connectivity index (χ0) is 17.6. The van der Waals surface area contributed by atoms with Gasteiger partial charge in [0.1, 0.15) is 5.01 Å². The van der Waals surface area contributed by atoms with Crippen LogP contribution in [-0.2, 0) is 16.6 Å². The molecule has 0 N–H and O–H groups in total. The highest BCUT2D eigenvalue weighted by atomic mass is 32.2. The van der Waals surface area contributed by atoms with E-state index < -0.39 is 15.9 Å². The van der Waals surface area contributed by atoms with E-state index in [1.165, 1.54) is 23.6 Å². The van der Waals surface area contributed by atoms with Gasteiger partial charge in [-0.25, -0.2) is 14.3 Å². The van der Waals surface area contributed by atoms with Gasteiger partial charge >= 0.3 is 0 Å². The molecule has 1 aromatic carbocycles. The predicted molar refractivity (Wildman–Crippen MR) is 93.6 cm³/mol. The summed E-state index contributed by atoms with van der Waals surface area (Å²) in [5, 5.41) is 0.623. The van der Waals surface area contributed by atoms with Gasteiger partial charge in [-0.15, -0.1) is 11.3 Å². The first-order valence-corrected chi connectivity index (χ1v) is 9.78. The van der Waals surface area contributed by atoms with Crippen LogP contribution in [-0.4, -0.2) is 28.6 Å². The van der Waals surface area contributed by atoms with Crippen molar-refractivity contribution in [3.05, 3.63) is 64.8 Å². The van der Waals surface area contributed by atoms with E-state index >= 15 is 0 Å². The first-order valence-electron chi connectivity index (χ1n) is 7.52. The topological polar surface area (TPSA) is 80.2 Å². The number of aromatic nitrogens is 2. The Kier molecular flexibility index (Phi) is 3.66. The second kappa shape index (κ2) is 5.75. The molecule has 1 aliphatic rings. The van der Waals surface area contributed by atoms with E-state index in [9.17, 15) is 13.2 Å². The number of sulfonamides is 1. The highest BCUT2D eigenvalue weighted by Crippen LogP contribution is 2.33. The molecular formula is C17H13N3O3S2. The summed E-state index contributed by atoms with van der Waals surface area (Å²) in [6.45, 7) is 1.78. The van der Waals surface area contributed by atoms with Gasteiger partial charge in [0, 0.05) is 16.6 Å². The van der Waals surface area contributed by atoms with E-state index in [4.69, 9.17) is 0 Å². The minimum Gasteiger partial charge on any atom is -0.268 e. The van der Waals surface area contributed by atoms with Gasteiger partial charge in [0.05, 0.1) is 17.8 Å². The Morgan fingerprint density at radius 2 is 1.88 bits per heavy atom. The van der Waals surface area contributed by atoms with Gasteiger partial charge in [-0.1, -0.05) is 30.3 Å². The molecule has 0 unspecified atom stereocenters. The van der Waals surface area contributed by atoms with Crippen LogP contribution in [0.2, 0.25) is 0 Å². The molecule has 4 rings (SSSR count). The number of aryl methyl sites for hydroxylation is 1. The van der Waals surface area contributed by atoms with Crippen molar-refractivity contribution in [1.82, 2.24) is 14.3 Å². The van der Waals surface area contributed by atoms with Crippen LogP contribution >= 0.6 is 11.3 Å². The lowest BCUT2D eigenvalue weighted by Crippen LogP contribution is -2.29. The predicted octanol–water partition coefficient (Wildman–Crippen LogP) is 2.86. The highest BCUT2D eigenvalue weighted by molar-refractivity contribution is 7.90. The fourth-order valence-corrected chi connectivity index (χ4v) is 5.26. The molecule has 1 aliphatic heterocycles. The lowest BCUT2D eigenvalue weighted by molar-refractivity contribution is 0.0865. The van der Waals surface area contributed by atoms with Gasteiger partial charge in [-0.05, 0) is 19.1 Å². The van der Waals surface area contributed by atoms with Crippen LogP contribution in [0.3, 0.4) is 0 Å². The number of nitrogens with zero attached hydrogens (tertiary/aromatic N) is 3. The molecule has 126 valence electrons. The van der Waals surface area contributed by atoms with Gasteiger partial charge in [0.2, 0.25) is 0 Å². The molecule has 0 saturated carbocycles. The number of amides is 1. The Hall–Kier alpha value is -2.58. The zero-order valence-electron chi connectivity index (χ0n) is 13.2. The number of hydrogen-bond donors (Lipinski definition) is 0. The fraction of sp³-hybridized carbons (Fsp3) is 0.118. The van der Waals surface area contributed by atoms with Crippen LogP contribution in [0, 0.1) is 6.92 Å². The zero-order valence-corrected chi connectivity index (χ0v) is 14.8. The van der Waals surface area contributed by atoms with Gasteiger partial charge in [-0.3, -0.25) is 4.79 Å². The van der Waals surface area contributed by atoms with Crippen LogP contribution in [0.1, 0.15) is 20.9 Å². The van der Waals surface area contributed by atoms with E-state index in [0.29, 0.717) is 0 Å². The minimum absolute atomic E-state index is 0.0339. The Morgan fingerprint density at radius 1 is 1.12 bits per heavy atom. The third-order valence-electron chi connectivity index (χ3n) is 3.96. The second-order valence-corrected chi connectivity index (χ2v) is 8.43. The molecular weight excluding hydrogens is 358 g/mol. The molecule has 0 spiro atoms. The number of thiazole rings is 1. The quantitative estimate of drug-likeness (QED) is 0.707. The summed E-state index contributed by atoms with van der Waals surface area (Å²) in [5.41, 5.74) is 1.80. The molecule has 0 bridgehead atoms. The molecule has 3 aromatic rings. The van der Waals surface area contributed by atoms with E-state index in [1.54, 1.807) is 6.07 Å². The van der Waals surface area contributed by atoms with Gasteiger partial charge < -0.3 is 0 Å². The molecule has 2 aromatic heterocycles. The molecule has 0 atom stereocenters. The van der Waals surface area contributed by atoms with Crippen molar-refractivity contribution in [3.8, 4) is 10.6 Å². The molecule has 25 heavy (non-hydrogen) atoms. The van der Waals surface area contributed by atoms with Crippen LogP contribution in [0.4, 0.5) is 0 Å². The minimum atomic E-state index is -3.91. The number of hydrogen-bond acceptors (Lipinski definition) is 6. The molecule has 1 amide bonds. The van der Waals surface area contributed by atoms with Crippen molar-refractivity contribution < 1.29 is 13.2 Å². The standard InChI is InChI=1S/C17H13N3O3S2/c1-11-14(24-15(19-11)12-6-3-2-4-7-12)10-20-17(21)13-8-5-9-18-16(13)25(20,22)23/h2-9H,10H2,1H3. The molecule has 8 heteroatoms. The lowest BCUT2D eigenvalue weighted by Gasteiger charge is -2.13. The maximum absolute atomic E-state index is 12.6. The summed E-state index contributed by atoms with van der Waals surface area (Å²) in [6, 6.07) is 12.7. The van der Waals surface area contributed by atoms with Crippen LogP contribution in [0.5, 0.6) is 0 Å². The van der Waals surface area contributed by atoms with Crippen molar-refractivity contribution in [2.45, 2.75) is 18.5 Å². The fourth-order valence-electron chi connectivity index (χ4n) is 2.67. The largest absolute Gasteiger partial charge is 0.285 e. The van der Waals surface area contributed by atoms with Gasteiger partial charge in [0.25, 0.3) is 15.9 Å². The average molecular weight is 371 g/mol. The summed E-state index contributed by atoms with van der Waals surface area (Å²) in [5.74, 6) is -0.544. The first kappa shape index (κ1) is 15.9. The number of pyridine rings is 1. The van der Waals surface area contributed by atoms with E-state index in [1.807, 2.05) is 37.3 Å². The van der Waals surface area contributed by atoms with Crippen molar-refractivity contribution in [2.75, 3.05) is 0 Å². The third-order valence-corrected chi connectivity index (χ3v) is 6.84. The number of rotatable bonds is 3. The molecule has 0 aliphatic carbocycles. The molecule has 0 saturated heterocycles. The van der Waals surface area contributed by atoms with Crippen LogP contribution in [0.15, 0.2) is 53.7 Å². The normalized spacial score (nSPS) is 15.4. The summed E-state index contributed by atoms with van der Waals surface area (Å²) >= 11 is 1.39. The maximum Gasteiger partial charge on any atom is 0.285 e. The second-order valence-electron chi connectivity index (χ2n) is 5.57. The number of benzene rings is 1. The Morgan fingerprint density at radius 3 is 2.60 bits per heavy atom. The van der Waals surface area contributed by atoms with E-state index in [2.05, 4.69) is 9.97 Å². The van der Waals surface area contributed by atoms with Crippen molar-refractivity contribution >= 4 is 27.3 Å². The molecule has 0 radical (unpaired) electrons. The Bertz CT molecular complexity index is 1080. The van der Waals surface area contributed by atoms with Gasteiger partial charge in [0.15, 0.2) is 5.03 Å². The summed E-state index contributed by atoms with van der Waals surface area (Å²) in [6.07, 6.45) is 1.37. The monoisotopic (exact) mass is 371 g/mol. The maximum atomic E-state index is 12.6. The molecule has 0 fully saturated rings. The van der Waals surface area contributed by atoms with Crippen LogP contribution in [0.25, 0.3) is 10.6 Å². The van der Waals surface area contributed by atoms with Crippen LogP contribution < -0.4 is 0 Å². The van der Waals surface area contributed by atoms with Crippen molar-refractivity contribution in [2.24, 2.45) is 0 Å². The third kappa shape index (κ3) is 2.54. The van der Waals surface area contributed by atoms with E-state index in [0.717, 1.165) is 25.4 Å². The Labute approximate surface area is 148 Å². The summed E-state index contributed by atoms with van der Waals surface area (Å²) < 4.78 is 26.1. The number of carbonyl (C=O) groups is 1. The smallest absolute Gasteiger partial charge is 0.268 e. The van der Waals surface area contributed by atoms with E-state index in [-0.39, 0.29) is 17.1 Å². The first-order chi connectivity index (χ1) is 12.0. The summed E-state index contributed by atoms with van der Waals surface area (Å²) in [4.78, 5) is 21.6. The highest BCUT2D eigenvalue weighted by Gasteiger charge is 2.42. The number of carbonyl (C=O) groups excluding carboxylic acids is 1. The molecule has 6 nitrogen and oxygen atoms in total. The molecule has 3 heterocycles. The summed E-state index contributed by atoms with van der Waals surface area (Å²) in [7, 11) is -3.91.